The van der Waals surface area contributed by atoms with E-state index in [4.69, 9.17) is 5.73 Å². The zero-order valence-electron chi connectivity index (χ0n) is 12.4. The molecule has 20 heavy (non-hydrogen) atoms. The quantitative estimate of drug-likeness (QED) is 0.773. The third-order valence-corrected chi connectivity index (χ3v) is 3.36. The first-order chi connectivity index (χ1) is 9.65. The molecule has 0 atom stereocenters. The van der Waals surface area contributed by atoms with E-state index in [2.05, 4.69) is 43.4 Å². The molecule has 0 heterocycles. The predicted molar refractivity (Wildman–Crippen MR) is 88.0 cm³/mol. The number of benzene rings is 2. The smallest absolute Gasteiger partial charge is 0.0574 e. The van der Waals surface area contributed by atoms with Crippen molar-refractivity contribution in [1.29, 1.82) is 0 Å². The Kier molecular flexibility index (Phi) is 5.05. The Morgan fingerprint density at radius 1 is 0.950 bits per heavy atom. The number of anilines is 2. The van der Waals surface area contributed by atoms with Gasteiger partial charge < -0.3 is 11.1 Å². The highest BCUT2D eigenvalue weighted by Gasteiger charge is 1.99. The van der Waals surface area contributed by atoms with E-state index in [0.717, 1.165) is 30.8 Å². The van der Waals surface area contributed by atoms with Crippen LogP contribution in [0.2, 0.25) is 0 Å². The first-order valence-corrected chi connectivity index (χ1v) is 7.31. The molecular weight excluding hydrogens is 244 g/mol. The minimum Gasteiger partial charge on any atom is -0.397 e. The Balaban J connectivity index is 1.84. The molecule has 0 bridgehead atoms. The van der Waals surface area contributed by atoms with Crippen LogP contribution < -0.4 is 11.1 Å². The third kappa shape index (κ3) is 4.30. The fourth-order valence-corrected chi connectivity index (χ4v) is 2.31. The van der Waals surface area contributed by atoms with Gasteiger partial charge in [0, 0.05) is 6.54 Å². The van der Waals surface area contributed by atoms with Crippen molar-refractivity contribution in [3.8, 4) is 0 Å². The molecule has 0 spiro atoms. The van der Waals surface area contributed by atoms with Gasteiger partial charge in [0.25, 0.3) is 0 Å². The largest absolute Gasteiger partial charge is 0.397 e. The molecule has 0 fully saturated rings. The topological polar surface area (TPSA) is 38.0 Å². The second-order valence-electron chi connectivity index (χ2n) is 5.68. The van der Waals surface area contributed by atoms with Crippen molar-refractivity contribution in [3.63, 3.8) is 0 Å². The first-order valence-electron chi connectivity index (χ1n) is 7.31. The lowest BCUT2D eigenvalue weighted by molar-refractivity contribution is 0.647. The van der Waals surface area contributed by atoms with E-state index in [0.29, 0.717) is 5.92 Å². The van der Waals surface area contributed by atoms with Crippen LogP contribution in [-0.2, 0) is 12.8 Å². The molecule has 2 aromatic rings. The van der Waals surface area contributed by atoms with Crippen LogP contribution in [-0.4, -0.2) is 6.54 Å². The number of hydrogen-bond donors (Lipinski definition) is 2. The minimum absolute atomic E-state index is 0.712. The average molecular weight is 268 g/mol. The van der Waals surface area contributed by atoms with Crippen LogP contribution in [0.5, 0.6) is 0 Å². The van der Waals surface area contributed by atoms with Crippen LogP contribution in [0.1, 0.15) is 25.0 Å². The maximum absolute atomic E-state index is 5.90. The van der Waals surface area contributed by atoms with Gasteiger partial charge in [0.05, 0.1) is 11.4 Å². The van der Waals surface area contributed by atoms with Crippen molar-refractivity contribution in [2.45, 2.75) is 26.7 Å². The Bertz CT molecular complexity index is 529. The Morgan fingerprint density at radius 2 is 1.60 bits per heavy atom. The van der Waals surface area contributed by atoms with Crippen molar-refractivity contribution in [2.24, 2.45) is 5.92 Å². The van der Waals surface area contributed by atoms with Gasteiger partial charge in [-0.3, -0.25) is 0 Å². The molecule has 3 N–H and O–H groups in total. The van der Waals surface area contributed by atoms with Crippen LogP contribution in [0, 0.1) is 5.92 Å². The van der Waals surface area contributed by atoms with Gasteiger partial charge >= 0.3 is 0 Å². The molecule has 0 aliphatic heterocycles. The highest BCUT2D eigenvalue weighted by Crippen LogP contribution is 2.16. The number of rotatable bonds is 6. The molecule has 2 rings (SSSR count). The summed E-state index contributed by atoms with van der Waals surface area (Å²) in [6, 6.07) is 16.8. The first kappa shape index (κ1) is 14.4. The molecule has 0 aliphatic rings. The van der Waals surface area contributed by atoms with E-state index in [1.165, 1.54) is 11.1 Å². The fourth-order valence-electron chi connectivity index (χ4n) is 2.31. The van der Waals surface area contributed by atoms with Gasteiger partial charge in [0.1, 0.15) is 0 Å². The molecular formula is C18H24N2. The summed E-state index contributed by atoms with van der Waals surface area (Å²) < 4.78 is 0. The molecule has 0 amide bonds. The van der Waals surface area contributed by atoms with E-state index in [1.54, 1.807) is 0 Å². The summed E-state index contributed by atoms with van der Waals surface area (Å²) in [5.74, 6) is 0.712. The normalized spacial score (nSPS) is 10.8. The van der Waals surface area contributed by atoms with Gasteiger partial charge in [-0.2, -0.15) is 0 Å². The van der Waals surface area contributed by atoms with Crippen molar-refractivity contribution in [1.82, 2.24) is 0 Å². The minimum atomic E-state index is 0.712. The third-order valence-electron chi connectivity index (χ3n) is 3.36. The number of nitrogens with two attached hydrogens (primary N) is 1. The summed E-state index contributed by atoms with van der Waals surface area (Å²) in [5, 5.41) is 3.38. The zero-order valence-corrected chi connectivity index (χ0v) is 12.4. The summed E-state index contributed by atoms with van der Waals surface area (Å²) in [6.07, 6.45) is 2.16. The molecule has 2 heteroatoms. The van der Waals surface area contributed by atoms with E-state index in [1.807, 2.05) is 24.3 Å². The molecule has 0 unspecified atom stereocenters. The van der Waals surface area contributed by atoms with E-state index in [-0.39, 0.29) is 0 Å². The van der Waals surface area contributed by atoms with E-state index < -0.39 is 0 Å². The molecule has 2 aromatic carbocycles. The lowest BCUT2D eigenvalue weighted by Gasteiger charge is -2.10. The molecule has 2 nitrogen and oxygen atoms in total. The van der Waals surface area contributed by atoms with Gasteiger partial charge in [-0.15, -0.1) is 0 Å². The number of nitrogens with one attached hydrogen (secondary N) is 1. The summed E-state index contributed by atoms with van der Waals surface area (Å²) in [7, 11) is 0. The van der Waals surface area contributed by atoms with Gasteiger partial charge in [0.2, 0.25) is 0 Å². The predicted octanol–water partition coefficient (Wildman–Crippen LogP) is 4.12. The van der Waals surface area contributed by atoms with Crippen molar-refractivity contribution < 1.29 is 0 Å². The summed E-state index contributed by atoms with van der Waals surface area (Å²) in [6.45, 7) is 5.40. The van der Waals surface area contributed by atoms with Crippen molar-refractivity contribution in [2.75, 3.05) is 17.6 Å². The highest BCUT2D eigenvalue weighted by molar-refractivity contribution is 5.65. The number of para-hydroxylation sites is 2. The van der Waals surface area contributed by atoms with E-state index >= 15 is 0 Å². The summed E-state index contributed by atoms with van der Waals surface area (Å²) >= 11 is 0. The zero-order chi connectivity index (χ0) is 14.4. The summed E-state index contributed by atoms with van der Waals surface area (Å²) in [5.41, 5.74) is 10.5. The van der Waals surface area contributed by atoms with Crippen molar-refractivity contribution >= 4 is 11.4 Å². The lowest BCUT2D eigenvalue weighted by atomic mass is 10.0. The maximum Gasteiger partial charge on any atom is 0.0574 e. The molecule has 106 valence electrons. The monoisotopic (exact) mass is 268 g/mol. The molecule has 0 saturated heterocycles. The maximum atomic E-state index is 5.90. The lowest BCUT2D eigenvalue weighted by Crippen LogP contribution is -2.06. The van der Waals surface area contributed by atoms with Crippen LogP contribution >= 0.6 is 0 Å². The van der Waals surface area contributed by atoms with Crippen LogP contribution in [0.25, 0.3) is 0 Å². The van der Waals surface area contributed by atoms with Crippen molar-refractivity contribution in [3.05, 3.63) is 59.7 Å². The van der Waals surface area contributed by atoms with Crippen LogP contribution in [0.15, 0.2) is 48.5 Å². The van der Waals surface area contributed by atoms with Gasteiger partial charge in [-0.1, -0.05) is 50.2 Å². The van der Waals surface area contributed by atoms with Gasteiger partial charge in [-0.05, 0) is 42.0 Å². The molecule has 0 aromatic heterocycles. The molecule has 0 radical (unpaired) electrons. The van der Waals surface area contributed by atoms with Gasteiger partial charge in [-0.25, -0.2) is 0 Å². The second-order valence-corrected chi connectivity index (χ2v) is 5.68. The Hall–Kier alpha value is -1.96. The number of hydrogen-bond acceptors (Lipinski definition) is 2. The highest BCUT2D eigenvalue weighted by atomic mass is 14.9. The molecule has 0 aliphatic carbocycles. The number of nitrogen functional groups attached to an aromatic ring is 1. The van der Waals surface area contributed by atoms with Gasteiger partial charge in [0.15, 0.2) is 0 Å². The Labute approximate surface area is 122 Å². The Morgan fingerprint density at radius 3 is 2.25 bits per heavy atom. The fraction of sp³-hybridized carbons (Fsp3) is 0.333. The molecule has 0 saturated carbocycles. The van der Waals surface area contributed by atoms with E-state index in [9.17, 15) is 0 Å². The average Bonchev–Trinajstić information content (AvgIpc) is 2.42. The van der Waals surface area contributed by atoms with Crippen LogP contribution in [0.4, 0.5) is 11.4 Å². The second kappa shape index (κ2) is 6.99. The van der Waals surface area contributed by atoms with Crippen LogP contribution in [0.3, 0.4) is 0 Å². The standard InChI is InChI=1S/C18H24N2/c1-14(2)13-16-9-7-15(8-10-16)11-12-20-18-6-4-3-5-17(18)19/h3-10,14,20H,11-13,19H2,1-2H3. The SMILES string of the molecule is CC(C)Cc1ccc(CCNc2ccccc2N)cc1. The summed E-state index contributed by atoms with van der Waals surface area (Å²) in [4.78, 5) is 0.